The number of carbonyl (C=O) groups is 1. The van der Waals surface area contributed by atoms with Crippen LogP contribution >= 0.6 is 0 Å². The highest BCUT2D eigenvalue weighted by molar-refractivity contribution is 5.66. The largest absolute Gasteiger partial charge is 0.453 e. The van der Waals surface area contributed by atoms with Crippen LogP contribution in [0.15, 0.2) is 0 Å². The fraction of sp³-hybridized carbons (Fsp3) is 0.889. The van der Waals surface area contributed by atoms with E-state index in [0.717, 1.165) is 25.7 Å². The maximum atomic E-state index is 10.8. The van der Waals surface area contributed by atoms with Crippen LogP contribution in [0.3, 0.4) is 0 Å². The number of hydrogen-bond acceptors (Lipinski definition) is 3. The van der Waals surface area contributed by atoms with E-state index in [1.54, 1.807) is 0 Å². The molecule has 1 fully saturated rings. The van der Waals surface area contributed by atoms with Crippen LogP contribution in [-0.2, 0) is 4.74 Å². The SMILES string of the molecule is COC(=O)NCC1(O)CCCCC1. The summed E-state index contributed by atoms with van der Waals surface area (Å²) in [6.07, 6.45) is 4.34. The molecule has 1 amide bonds. The van der Waals surface area contributed by atoms with Crippen molar-refractivity contribution >= 4 is 6.09 Å². The van der Waals surface area contributed by atoms with E-state index in [-0.39, 0.29) is 0 Å². The summed E-state index contributed by atoms with van der Waals surface area (Å²) < 4.78 is 4.43. The van der Waals surface area contributed by atoms with Gasteiger partial charge in [-0.05, 0) is 12.8 Å². The van der Waals surface area contributed by atoms with Gasteiger partial charge in [0.05, 0.1) is 12.7 Å². The van der Waals surface area contributed by atoms with Crippen molar-refractivity contribution in [1.82, 2.24) is 5.32 Å². The van der Waals surface area contributed by atoms with Gasteiger partial charge in [0.15, 0.2) is 0 Å². The van der Waals surface area contributed by atoms with Gasteiger partial charge in [0.2, 0.25) is 0 Å². The van der Waals surface area contributed by atoms with Crippen molar-refractivity contribution < 1.29 is 14.6 Å². The molecule has 1 aliphatic rings. The lowest BCUT2D eigenvalue weighted by Crippen LogP contribution is -2.44. The Hall–Kier alpha value is -0.770. The zero-order valence-corrected chi connectivity index (χ0v) is 8.01. The highest BCUT2D eigenvalue weighted by Crippen LogP contribution is 2.27. The van der Waals surface area contributed by atoms with E-state index < -0.39 is 11.7 Å². The minimum absolute atomic E-state index is 0.305. The number of nitrogens with one attached hydrogen (secondary N) is 1. The molecule has 0 atom stereocenters. The first-order valence-corrected chi connectivity index (χ1v) is 4.70. The molecule has 0 heterocycles. The molecular formula is C9H17NO3. The number of amides is 1. The first-order chi connectivity index (χ1) is 6.16. The van der Waals surface area contributed by atoms with E-state index in [1.165, 1.54) is 13.5 Å². The third-order valence-corrected chi connectivity index (χ3v) is 2.53. The van der Waals surface area contributed by atoms with Crippen LogP contribution in [0.25, 0.3) is 0 Å². The monoisotopic (exact) mass is 187 g/mol. The van der Waals surface area contributed by atoms with Gasteiger partial charge in [-0.15, -0.1) is 0 Å². The molecule has 0 aromatic heterocycles. The normalized spacial score (nSPS) is 20.8. The third-order valence-electron chi connectivity index (χ3n) is 2.53. The number of ether oxygens (including phenoxy) is 1. The number of alkyl carbamates (subject to hydrolysis) is 1. The van der Waals surface area contributed by atoms with Crippen molar-refractivity contribution in [1.29, 1.82) is 0 Å². The molecule has 2 N–H and O–H groups in total. The molecule has 0 unspecified atom stereocenters. The van der Waals surface area contributed by atoms with E-state index in [4.69, 9.17) is 0 Å². The predicted molar refractivity (Wildman–Crippen MR) is 48.4 cm³/mol. The van der Waals surface area contributed by atoms with Crippen molar-refractivity contribution in [3.63, 3.8) is 0 Å². The lowest BCUT2D eigenvalue weighted by Gasteiger charge is -2.31. The Bertz CT molecular complexity index is 176. The topological polar surface area (TPSA) is 58.6 Å². The Morgan fingerprint density at radius 3 is 2.62 bits per heavy atom. The average molecular weight is 187 g/mol. The summed E-state index contributed by atoms with van der Waals surface area (Å²) in [5, 5.41) is 12.5. The van der Waals surface area contributed by atoms with Crippen LogP contribution in [0.1, 0.15) is 32.1 Å². The number of carbonyl (C=O) groups excluding carboxylic acids is 1. The lowest BCUT2D eigenvalue weighted by atomic mass is 9.85. The van der Waals surface area contributed by atoms with Gasteiger partial charge in [0.25, 0.3) is 0 Å². The van der Waals surface area contributed by atoms with Crippen molar-refractivity contribution in [2.45, 2.75) is 37.7 Å². The Kier molecular flexibility index (Phi) is 3.54. The molecule has 1 aliphatic carbocycles. The van der Waals surface area contributed by atoms with Crippen LogP contribution < -0.4 is 5.32 Å². The zero-order valence-electron chi connectivity index (χ0n) is 8.01. The van der Waals surface area contributed by atoms with Crippen molar-refractivity contribution in [2.75, 3.05) is 13.7 Å². The Balaban J connectivity index is 2.28. The summed E-state index contributed by atoms with van der Waals surface area (Å²) in [5.41, 5.74) is -0.702. The summed E-state index contributed by atoms with van der Waals surface area (Å²) in [5.74, 6) is 0. The summed E-state index contributed by atoms with van der Waals surface area (Å²) >= 11 is 0. The molecule has 76 valence electrons. The molecule has 0 bridgehead atoms. The maximum Gasteiger partial charge on any atom is 0.406 e. The van der Waals surface area contributed by atoms with Gasteiger partial charge in [-0.1, -0.05) is 19.3 Å². The smallest absolute Gasteiger partial charge is 0.406 e. The van der Waals surface area contributed by atoms with Crippen molar-refractivity contribution in [3.8, 4) is 0 Å². The van der Waals surface area contributed by atoms with E-state index in [0.29, 0.717) is 6.54 Å². The molecule has 0 spiro atoms. The van der Waals surface area contributed by atoms with E-state index >= 15 is 0 Å². The molecule has 0 saturated heterocycles. The highest BCUT2D eigenvalue weighted by Gasteiger charge is 2.29. The molecule has 0 aromatic rings. The van der Waals surface area contributed by atoms with Gasteiger partial charge in [0, 0.05) is 6.54 Å². The quantitative estimate of drug-likeness (QED) is 0.679. The standard InChI is InChI=1S/C9H17NO3/c1-13-8(11)10-7-9(12)5-3-2-4-6-9/h12H,2-7H2,1H3,(H,10,11). The minimum atomic E-state index is -0.702. The zero-order chi connectivity index (χ0) is 9.73. The number of rotatable bonds is 2. The van der Waals surface area contributed by atoms with Gasteiger partial charge in [-0.3, -0.25) is 0 Å². The Labute approximate surface area is 78.3 Å². The van der Waals surface area contributed by atoms with E-state index in [1.807, 2.05) is 0 Å². The van der Waals surface area contributed by atoms with Crippen LogP contribution in [0.5, 0.6) is 0 Å². The fourth-order valence-electron chi connectivity index (χ4n) is 1.70. The van der Waals surface area contributed by atoms with Gasteiger partial charge in [-0.25, -0.2) is 4.79 Å². The van der Waals surface area contributed by atoms with Gasteiger partial charge in [0.1, 0.15) is 0 Å². The highest BCUT2D eigenvalue weighted by atomic mass is 16.5. The number of aliphatic hydroxyl groups is 1. The predicted octanol–water partition coefficient (Wildman–Crippen LogP) is 1.04. The summed E-state index contributed by atoms with van der Waals surface area (Å²) in [6, 6.07) is 0. The molecule has 1 rings (SSSR count). The first-order valence-electron chi connectivity index (χ1n) is 4.70. The summed E-state index contributed by atoms with van der Waals surface area (Å²) in [4.78, 5) is 10.8. The molecule has 0 aromatic carbocycles. The van der Waals surface area contributed by atoms with E-state index in [9.17, 15) is 9.90 Å². The maximum absolute atomic E-state index is 10.8. The fourth-order valence-corrected chi connectivity index (χ4v) is 1.70. The van der Waals surface area contributed by atoms with Crippen LogP contribution in [-0.4, -0.2) is 30.5 Å². The number of methoxy groups -OCH3 is 1. The van der Waals surface area contributed by atoms with Crippen molar-refractivity contribution in [3.05, 3.63) is 0 Å². The first kappa shape index (κ1) is 10.3. The number of hydrogen-bond donors (Lipinski definition) is 2. The Morgan fingerprint density at radius 2 is 2.08 bits per heavy atom. The molecule has 1 saturated carbocycles. The van der Waals surface area contributed by atoms with Gasteiger partial charge >= 0.3 is 6.09 Å². The molecular weight excluding hydrogens is 170 g/mol. The van der Waals surface area contributed by atoms with Gasteiger partial charge < -0.3 is 15.2 Å². The molecule has 4 heteroatoms. The molecule has 13 heavy (non-hydrogen) atoms. The van der Waals surface area contributed by atoms with Crippen LogP contribution in [0.2, 0.25) is 0 Å². The third kappa shape index (κ3) is 3.22. The molecule has 0 radical (unpaired) electrons. The lowest BCUT2D eigenvalue weighted by molar-refractivity contribution is 0.00509. The second-order valence-electron chi connectivity index (χ2n) is 3.63. The van der Waals surface area contributed by atoms with Crippen molar-refractivity contribution in [2.24, 2.45) is 0 Å². The van der Waals surface area contributed by atoms with E-state index in [2.05, 4.69) is 10.1 Å². The van der Waals surface area contributed by atoms with Crippen LogP contribution in [0.4, 0.5) is 4.79 Å². The average Bonchev–Trinajstić information content (AvgIpc) is 2.15. The molecule has 4 nitrogen and oxygen atoms in total. The summed E-state index contributed by atoms with van der Waals surface area (Å²) in [6.45, 7) is 0.305. The minimum Gasteiger partial charge on any atom is -0.453 e. The second-order valence-corrected chi connectivity index (χ2v) is 3.63. The molecule has 0 aliphatic heterocycles. The summed E-state index contributed by atoms with van der Waals surface area (Å²) in [7, 11) is 1.32. The Morgan fingerprint density at radius 1 is 1.46 bits per heavy atom. The second kappa shape index (κ2) is 4.46. The van der Waals surface area contributed by atoms with Gasteiger partial charge in [-0.2, -0.15) is 0 Å². The van der Waals surface area contributed by atoms with Crippen LogP contribution in [0, 0.1) is 0 Å².